The molecule has 1 N–H and O–H groups in total. The summed E-state index contributed by atoms with van der Waals surface area (Å²) in [5, 5.41) is 7.59. The smallest absolute Gasteiger partial charge is 0.220 e. The Labute approximate surface area is 142 Å². The largest absolute Gasteiger partial charge is 0.361 e. The van der Waals surface area contributed by atoms with Gasteiger partial charge in [-0.2, -0.15) is 0 Å². The molecule has 0 fully saturated rings. The Balaban J connectivity index is 1.86. The molecule has 5 heteroatoms. The number of aryl methyl sites for hydroxylation is 1. The lowest BCUT2D eigenvalue weighted by Crippen LogP contribution is -2.28. The van der Waals surface area contributed by atoms with Crippen molar-refractivity contribution in [3.05, 3.63) is 52.4 Å². The third-order valence-electron chi connectivity index (χ3n) is 3.89. The van der Waals surface area contributed by atoms with Crippen LogP contribution in [-0.4, -0.2) is 17.6 Å². The van der Waals surface area contributed by atoms with E-state index in [4.69, 9.17) is 16.1 Å². The third kappa shape index (κ3) is 5.39. The van der Waals surface area contributed by atoms with Crippen molar-refractivity contribution in [1.82, 2.24) is 10.5 Å². The summed E-state index contributed by atoms with van der Waals surface area (Å²) in [6, 6.07) is 9.63. The fourth-order valence-corrected chi connectivity index (χ4v) is 2.71. The van der Waals surface area contributed by atoms with Gasteiger partial charge in [-0.05, 0) is 36.5 Å². The lowest BCUT2D eigenvalue weighted by Gasteiger charge is -2.21. The highest BCUT2D eigenvalue weighted by Gasteiger charge is 2.19. The Bertz CT molecular complexity index is 635. The summed E-state index contributed by atoms with van der Waals surface area (Å²) in [7, 11) is 0. The molecule has 4 nitrogen and oxygen atoms in total. The van der Waals surface area contributed by atoms with E-state index in [9.17, 15) is 4.79 Å². The van der Waals surface area contributed by atoms with Crippen LogP contribution >= 0.6 is 11.6 Å². The summed E-state index contributed by atoms with van der Waals surface area (Å²) in [6.45, 7) is 6.68. The summed E-state index contributed by atoms with van der Waals surface area (Å²) < 4.78 is 5.01. The summed E-state index contributed by atoms with van der Waals surface area (Å²) in [4.78, 5) is 12.2. The number of carbonyl (C=O) groups is 1. The Hall–Kier alpha value is -1.81. The highest BCUT2D eigenvalue weighted by Crippen LogP contribution is 2.28. The standard InChI is InChI=1S/C18H23ClN2O2/c1-12(2)17(14-4-6-15(19)7-5-14)11-18(22)20-9-8-16-10-13(3)23-21-16/h4-7,10,12,17H,8-9,11H2,1-3H3,(H,20,22). The molecular weight excluding hydrogens is 312 g/mol. The first-order valence-corrected chi connectivity index (χ1v) is 8.28. The van der Waals surface area contributed by atoms with Gasteiger partial charge in [0.05, 0.1) is 5.69 Å². The topological polar surface area (TPSA) is 55.1 Å². The van der Waals surface area contributed by atoms with Gasteiger partial charge in [-0.25, -0.2) is 0 Å². The zero-order valence-electron chi connectivity index (χ0n) is 13.8. The molecule has 0 saturated heterocycles. The normalized spacial score (nSPS) is 12.4. The zero-order valence-corrected chi connectivity index (χ0v) is 14.6. The summed E-state index contributed by atoms with van der Waals surface area (Å²) in [6.07, 6.45) is 1.15. The van der Waals surface area contributed by atoms with E-state index in [0.717, 1.165) is 17.0 Å². The fourth-order valence-electron chi connectivity index (χ4n) is 2.59. The van der Waals surface area contributed by atoms with Crippen molar-refractivity contribution in [1.29, 1.82) is 0 Å². The minimum atomic E-state index is 0.0545. The highest BCUT2D eigenvalue weighted by molar-refractivity contribution is 6.30. The van der Waals surface area contributed by atoms with Gasteiger partial charge < -0.3 is 9.84 Å². The summed E-state index contributed by atoms with van der Waals surface area (Å²) in [5.41, 5.74) is 2.01. The van der Waals surface area contributed by atoms with Gasteiger partial charge in [0, 0.05) is 30.5 Å². The third-order valence-corrected chi connectivity index (χ3v) is 4.14. The average molecular weight is 335 g/mol. The van der Waals surface area contributed by atoms with E-state index >= 15 is 0 Å². The van der Waals surface area contributed by atoms with Crippen LogP contribution in [0.3, 0.4) is 0 Å². The van der Waals surface area contributed by atoms with Crippen molar-refractivity contribution >= 4 is 17.5 Å². The van der Waals surface area contributed by atoms with Crippen LogP contribution in [0.5, 0.6) is 0 Å². The molecule has 2 aromatic rings. The number of amides is 1. The van der Waals surface area contributed by atoms with Crippen LogP contribution in [0.4, 0.5) is 0 Å². The van der Waals surface area contributed by atoms with Crippen molar-refractivity contribution in [2.24, 2.45) is 5.92 Å². The lowest BCUT2D eigenvalue weighted by molar-refractivity contribution is -0.121. The first kappa shape index (κ1) is 17.5. The molecule has 0 aliphatic rings. The van der Waals surface area contributed by atoms with Crippen LogP contribution < -0.4 is 5.32 Å². The Morgan fingerprint density at radius 1 is 1.30 bits per heavy atom. The predicted octanol–water partition coefficient (Wildman–Crippen LogP) is 4.13. The molecule has 23 heavy (non-hydrogen) atoms. The van der Waals surface area contributed by atoms with Crippen LogP contribution in [0, 0.1) is 12.8 Å². The molecule has 0 aliphatic carbocycles. The molecule has 0 spiro atoms. The minimum absolute atomic E-state index is 0.0545. The predicted molar refractivity (Wildman–Crippen MR) is 91.6 cm³/mol. The second-order valence-corrected chi connectivity index (χ2v) is 6.57. The fraction of sp³-hybridized carbons (Fsp3) is 0.444. The van der Waals surface area contributed by atoms with Crippen LogP contribution in [-0.2, 0) is 11.2 Å². The molecule has 1 aromatic carbocycles. The Kier molecular flexibility index (Phi) is 6.22. The van der Waals surface area contributed by atoms with Gasteiger partial charge >= 0.3 is 0 Å². The molecule has 2 rings (SSSR count). The van der Waals surface area contributed by atoms with Gasteiger partial charge in [0.2, 0.25) is 5.91 Å². The first-order chi connectivity index (χ1) is 11.0. The molecule has 0 saturated carbocycles. The number of nitrogens with zero attached hydrogens (tertiary/aromatic N) is 1. The van der Waals surface area contributed by atoms with Crippen molar-refractivity contribution < 1.29 is 9.32 Å². The molecular formula is C18H23ClN2O2. The summed E-state index contributed by atoms with van der Waals surface area (Å²) >= 11 is 5.94. The van der Waals surface area contributed by atoms with E-state index in [0.29, 0.717) is 30.3 Å². The maximum atomic E-state index is 12.2. The summed E-state index contributed by atoms with van der Waals surface area (Å²) in [5.74, 6) is 1.40. The van der Waals surface area contributed by atoms with Crippen LogP contribution in [0.1, 0.15) is 43.2 Å². The molecule has 1 heterocycles. The lowest BCUT2D eigenvalue weighted by atomic mass is 9.85. The second-order valence-electron chi connectivity index (χ2n) is 6.14. The number of aromatic nitrogens is 1. The van der Waals surface area contributed by atoms with Crippen molar-refractivity contribution in [2.75, 3.05) is 6.54 Å². The molecule has 124 valence electrons. The number of benzene rings is 1. The number of halogens is 1. The molecule has 1 aromatic heterocycles. The zero-order chi connectivity index (χ0) is 16.8. The molecule has 0 radical (unpaired) electrons. The van der Waals surface area contributed by atoms with Crippen LogP contribution in [0.2, 0.25) is 5.02 Å². The van der Waals surface area contributed by atoms with Gasteiger partial charge in [-0.1, -0.05) is 42.7 Å². The van der Waals surface area contributed by atoms with Crippen LogP contribution in [0.25, 0.3) is 0 Å². The number of rotatable bonds is 7. The van der Waals surface area contributed by atoms with E-state index < -0.39 is 0 Å². The molecule has 1 atom stereocenters. The van der Waals surface area contributed by atoms with E-state index in [2.05, 4.69) is 24.3 Å². The van der Waals surface area contributed by atoms with Gasteiger partial charge in [0.25, 0.3) is 0 Å². The highest BCUT2D eigenvalue weighted by atomic mass is 35.5. The maximum Gasteiger partial charge on any atom is 0.220 e. The van der Waals surface area contributed by atoms with Gasteiger partial charge in [-0.15, -0.1) is 0 Å². The average Bonchev–Trinajstić information content (AvgIpc) is 2.91. The van der Waals surface area contributed by atoms with E-state index in [1.54, 1.807) is 0 Å². The first-order valence-electron chi connectivity index (χ1n) is 7.90. The van der Waals surface area contributed by atoms with E-state index in [1.165, 1.54) is 0 Å². The number of carbonyl (C=O) groups excluding carboxylic acids is 1. The SMILES string of the molecule is Cc1cc(CCNC(=O)CC(c2ccc(Cl)cc2)C(C)C)no1. The Morgan fingerprint density at radius 2 is 2.00 bits per heavy atom. The maximum absolute atomic E-state index is 12.2. The van der Waals surface area contributed by atoms with E-state index in [-0.39, 0.29) is 11.8 Å². The van der Waals surface area contributed by atoms with Gasteiger partial charge in [0.1, 0.15) is 5.76 Å². The molecule has 0 aliphatic heterocycles. The van der Waals surface area contributed by atoms with Crippen molar-refractivity contribution in [2.45, 2.75) is 39.5 Å². The number of nitrogens with one attached hydrogen (secondary N) is 1. The quantitative estimate of drug-likeness (QED) is 0.828. The van der Waals surface area contributed by atoms with Crippen molar-refractivity contribution in [3.8, 4) is 0 Å². The van der Waals surface area contributed by atoms with E-state index in [1.807, 2.05) is 37.3 Å². The molecule has 1 amide bonds. The second kappa shape index (κ2) is 8.16. The molecule has 1 unspecified atom stereocenters. The number of hydrogen-bond donors (Lipinski definition) is 1. The minimum Gasteiger partial charge on any atom is -0.361 e. The van der Waals surface area contributed by atoms with Crippen molar-refractivity contribution in [3.63, 3.8) is 0 Å². The molecule has 0 bridgehead atoms. The van der Waals surface area contributed by atoms with Crippen LogP contribution in [0.15, 0.2) is 34.9 Å². The Morgan fingerprint density at radius 3 is 2.57 bits per heavy atom. The monoisotopic (exact) mass is 334 g/mol. The van der Waals surface area contributed by atoms with Gasteiger partial charge in [0.15, 0.2) is 0 Å². The number of hydrogen-bond acceptors (Lipinski definition) is 3. The van der Waals surface area contributed by atoms with Gasteiger partial charge in [-0.3, -0.25) is 4.79 Å².